The van der Waals surface area contributed by atoms with Crippen LogP contribution in [0.5, 0.6) is 0 Å². The summed E-state index contributed by atoms with van der Waals surface area (Å²) in [6.07, 6.45) is 0. The quantitative estimate of drug-likeness (QED) is 0.123. The average molecular weight is 1200 g/mol. The van der Waals surface area contributed by atoms with Gasteiger partial charge in [-0.1, -0.05) is 327 Å². The molecule has 2 nitrogen and oxygen atoms in total. The molecule has 0 aliphatic rings. The van der Waals surface area contributed by atoms with E-state index in [4.69, 9.17) is 21.6 Å². The number of aryl methyl sites for hydroxylation is 2. The Morgan fingerprint density at radius 1 is 0.239 bits per heavy atom. The van der Waals surface area contributed by atoms with Crippen molar-refractivity contribution in [3.63, 3.8) is 0 Å². The van der Waals surface area contributed by atoms with E-state index >= 15 is 0 Å². The molecule has 0 heterocycles. The largest absolute Gasteiger partial charge is 0.489 e. The smallest absolute Gasteiger partial charge is 0.423 e. The maximum absolute atomic E-state index is 9.17. The highest BCUT2D eigenvalue weighted by molar-refractivity contribution is 6.62. The predicted octanol–water partition coefficient (Wildman–Crippen LogP) is 23.2. The van der Waals surface area contributed by atoms with Crippen LogP contribution in [0, 0.1) is 13.8 Å². The maximum atomic E-state index is 9.17. The lowest BCUT2D eigenvalue weighted by Crippen LogP contribution is -2.30. The molecule has 0 aromatic heterocycles. The van der Waals surface area contributed by atoms with Gasteiger partial charge < -0.3 is 10.0 Å². The third-order valence-corrected chi connectivity index (χ3v) is 18.5. The summed E-state index contributed by atoms with van der Waals surface area (Å²) in [4.78, 5) is 0. The highest BCUT2D eigenvalue weighted by Crippen LogP contribution is 2.49. The first-order valence-electron chi connectivity index (χ1n) is 31.4. The van der Waals surface area contributed by atoms with Gasteiger partial charge in [0.05, 0.1) is 0 Å². The molecule has 0 fully saturated rings. The number of fused-ring (bicyclic) bond motifs is 8. The Balaban J connectivity index is 0.000000133. The Morgan fingerprint density at radius 2 is 0.609 bits per heavy atom. The second-order valence-corrected chi connectivity index (χ2v) is 24.2. The molecule has 92 heavy (non-hydrogen) atoms. The van der Waals surface area contributed by atoms with Crippen molar-refractivity contribution in [3.05, 3.63) is 344 Å². The number of benzene rings is 17. The molecule has 0 bridgehead atoms. The van der Waals surface area contributed by atoms with Gasteiger partial charge in [0.1, 0.15) is 0 Å². The molecule has 17 aromatic carbocycles. The van der Waals surface area contributed by atoms with Crippen molar-refractivity contribution in [2.75, 3.05) is 0 Å². The maximum Gasteiger partial charge on any atom is 0.489 e. The van der Waals surface area contributed by atoms with E-state index in [1.807, 2.05) is 43.3 Å². The molecule has 17 rings (SSSR count). The monoisotopic (exact) mass is 1200 g/mol. The normalized spacial score (nSPS) is 11.3. The van der Waals surface area contributed by atoms with Gasteiger partial charge in [0.25, 0.3) is 0 Å². The minimum Gasteiger partial charge on any atom is -0.423 e. The van der Waals surface area contributed by atoms with E-state index in [2.05, 4.69) is 292 Å². The van der Waals surface area contributed by atoms with Gasteiger partial charge in [0.15, 0.2) is 0 Å². The fourth-order valence-corrected chi connectivity index (χ4v) is 14.2. The van der Waals surface area contributed by atoms with Gasteiger partial charge in [-0.25, -0.2) is 0 Å². The molecule has 0 amide bonds. The van der Waals surface area contributed by atoms with Crippen molar-refractivity contribution >= 4 is 110 Å². The van der Waals surface area contributed by atoms with Gasteiger partial charge in [0, 0.05) is 5.02 Å². The first-order chi connectivity index (χ1) is 45.3. The van der Waals surface area contributed by atoms with E-state index in [1.54, 1.807) is 6.07 Å². The lowest BCUT2D eigenvalue weighted by molar-refractivity contribution is 0.426. The molecular formula is C88H62BClO2. The van der Waals surface area contributed by atoms with Crippen molar-refractivity contribution in [2.24, 2.45) is 0 Å². The van der Waals surface area contributed by atoms with Crippen LogP contribution in [0.15, 0.2) is 328 Å². The topological polar surface area (TPSA) is 40.5 Å². The number of rotatable bonds is 7. The highest BCUT2D eigenvalue weighted by Gasteiger charge is 2.22. The van der Waals surface area contributed by atoms with Crippen LogP contribution < -0.4 is 5.46 Å². The number of hydrogen-bond donors (Lipinski definition) is 2. The zero-order valence-corrected chi connectivity index (χ0v) is 51.8. The van der Waals surface area contributed by atoms with Gasteiger partial charge in [-0.05, 0) is 196 Å². The van der Waals surface area contributed by atoms with Gasteiger partial charge in [-0.15, -0.1) is 0 Å². The van der Waals surface area contributed by atoms with Crippen LogP contribution in [-0.2, 0) is 0 Å². The molecule has 0 unspecified atom stereocenters. The standard InChI is InChI=1S/C47H32.C30H19Cl.C11H11BO2/c1-31-24-26-33(27-25-31)36-19-10-22-40-38(20-11-21-39(36)40)35-28-29-44-45(30-35)47(41-23-9-15-32-12-5-6-16-37(32)41)43-18-8-7-17-42(43)46(44)34-13-3-2-4-14-34;31-22-17-18-27-28(19-22)30(24-16-8-12-20-9-4-5-13-23(20)24)26-15-7-6-14-25(26)29(27)21-10-2-1-3-11-21;1-8-6-7-11(12(13)14)10-5-3-2-4-9(8)10/h2-30H,1H3;1-19H;2-7,13-14H,1H3. The second-order valence-electron chi connectivity index (χ2n) is 23.8. The molecule has 4 heteroatoms. The van der Waals surface area contributed by atoms with Crippen molar-refractivity contribution < 1.29 is 10.0 Å². The molecule has 17 aromatic rings. The Labute approximate surface area is 541 Å². The molecule has 0 spiro atoms. The molecule has 0 saturated heterocycles. The van der Waals surface area contributed by atoms with Crippen LogP contribution in [0.1, 0.15) is 11.1 Å². The van der Waals surface area contributed by atoms with E-state index < -0.39 is 7.12 Å². The summed E-state index contributed by atoms with van der Waals surface area (Å²) in [6.45, 7) is 4.15. The van der Waals surface area contributed by atoms with Gasteiger partial charge in [0.2, 0.25) is 0 Å². The zero-order chi connectivity index (χ0) is 62.2. The summed E-state index contributed by atoms with van der Waals surface area (Å²) in [5.41, 5.74) is 18.0. The molecule has 0 atom stereocenters. The minimum absolute atomic E-state index is 0.561. The van der Waals surface area contributed by atoms with Crippen LogP contribution in [0.4, 0.5) is 0 Å². The van der Waals surface area contributed by atoms with Crippen LogP contribution >= 0.6 is 11.6 Å². The van der Waals surface area contributed by atoms with Gasteiger partial charge in [-0.3, -0.25) is 0 Å². The fraction of sp³-hybridized carbons (Fsp3) is 0.0227. The van der Waals surface area contributed by atoms with Gasteiger partial charge >= 0.3 is 7.12 Å². The Hall–Kier alpha value is -10.9. The molecule has 2 N–H and O–H groups in total. The van der Waals surface area contributed by atoms with Gasteiger partial charge in [-0.2, -0.15) is 0 Å². The lowest BCUT2D eigenvalue weighted by atomic mass is 9.76. The first kappa shape index (κ1) is 57.5. The van der Waals surface area contributed by atoms with E-state index in [9.17, 15) is 0 Å². The minimum atomic E-state index is -1.40. The number of halogens is 1. The molecular weight excluding hydrogens is 1140 g/mol. The summed E-state index contributed by atoms with van der Waals surface area (Å²) in [5, 5.41) is 38.6. The van der Waals surface area contributed by atoms with Crippen LogP contribution in [0.3, 0.4) is 0 Å². The van der Waals surface area contributed by atoms with Crippen LogP contribution in [0.2, 0.25) is 5.02 Å². The molecule has 0 radical (unpaired) electrons. The molecule has 0 saturated carbocycles. The van der Waals surface area contributed by atoms with E-state index in [0.717, 1.165) is 21.4 Å². The van der Waals surface area contributed by atoms with E-state index in [-0.39, 0.29) is 0 Å². The fourth-order valence-electron chi connectivity index (χ4n) is 14.0. The summed E-state index contributed by atoms with van der Waals surface area (Å²) < 4.78 is 0. The van der Waals surface area contributed by atoms with Crippen LogP contribution in [0.25, 0.3) is 153 Å². The number of hydrogen-bond acceptors (Lipinski definition) is 2. The van der Waals surface area contributed by atoms with E-state index in [1.165, 1.54) is 148 Å². The first-order valence-corrected chi connectivity index (χ1v) is 31.8. The average Bonchev–Trinajstić information content (AvgIpc) is 0.747. The molecule has 436 valence electrons. The summed E-state index contributed by atoms with van der Waals surface area (Å²) >= 11 is 6.55. The third-order valence-electron chi connectivity index (χ3n) is 18.3. The SMILES string of the molecule is Cc1ccc(-c2cccc3c(-c4ccc5c(-c6ccccc6)c6ccccc6c(-c6cccc7ccccc67)c5c4)cccc23)cc1.Cc1ccc(B(O)O)c2ccccc12.Clc1ccc2c(-c3ccccc3)c3ccccc3c(-c3cccc4ccccc34)c2c1. The second kappa shape index (κ2) is 24.8. The van der Waals surface area contributed by atoms with Crippen LogP contribution in [-0.4, -0.2) is 17.2 Å². The third kappa shape index (κ3) is 10.6. The zero-order valence-electron chi connectivity index (χ0n) is 51.0. The summed E-state index contributed by atoms with van der Waals surface area (Å²) in [6, 6.07) is 117. The Bertz CT molecular complexity index is 5630. The highest BCUT2D eigenvalue weighted by atomic mass is 35.5. The van der Waals surface area contributed by atoms with E-state index in [0.29, 0.717) is 5.46 Å². The predicted molar refractivity (Wildman–Crippen MR) is 396 cm³/mol. The summed E-state index contributed by atoms with van der Waals surface area (Å²) in [7, 11) is -1.40. The Morgan fingerprint density at radius 3 is 1.13 bits per heavy atom. The van der Waals surface area contributed by atoms with Crippen molar-refractivity contribution in [3.8, 4) is 66.8 Å². The van der Waals surface area contributed by atoms with Crippen molar-refractivity contribution in [1.29, 1.82) is 0 Å². The molecule has 0 aliphatic carbocycles. The molecule has 0 aliphatic heterocycles. The van der Waals surface area contributed by atoms with Crippen molar-refractivity contribution in [1.82, 2.24) is 0 Å². The van der Waals surface area contributed by atoms with Crippen molar-refractivity contribution in [2.45, 2.75) is 13.8 Å². The summed E-state index contributed by atoms with van der Waals surface area (Å²) in [5.74, 6) is 0. The lowest BCUT2D eigenvalue weighted by Gasteiger charge is -2.20. The Kier molecular flexibility index (Phi) is 15.5.